The van der Waals surface area contributed by atoms with Crippen LogP contribution in [0.15, 0.2) is 72.8 Å². The van der Waals surface area contributed by atoms with Gasteiger partial charge in [0.25, 0.3) is 11.8 Å². The van der Waals surface area contributed by atoms with Gasteiger partial charge < -0.3 is 0 Å². The third kappa shape index (κ3) is 2.08. The second-order valence-corrected chi connectivity index (χ2v) is 9.75. The highest BCUT2D eigenvalue weighted by Gasteiger charge is 2.49. The van der Waals surface area contributed by atoms with Crippen LogP contribution in [0.2, 0.25) is 0 Å². The normalized spacial score (nSPS) is 18.7. The highest BCUT2D eigenvalue weighted by molar-refractivity contribution is 5.92. The fourth-order valence-corrected chi connectivity index (χ4v) is 6.06. The van der Waals surface area contributed by atoms with Gasteiger partial charge in [-0.1, -0.05) is 62.4 Å². The summed E-state index contributed by atoms with van der Waals surface area (Å²) in [6.45, 7) is 4.07. The molecule has 162 valence electrons. The molecule has 7 rings (SSSR count). The van der Waals surface area contributed by atoms with E-state index in [1.165, 1.54) is 24.3 Å². The molecule has 0 aliphatic heterocycles. The Hall–Kier alpha value is -3.40. The third-order valence-electron chi connectivity index (χ3n) is 7.74. The van der Waals surface area contributed by atoms with Gasteiger partial charge in [-0.05, 0) is 68.8 Å². The van der Waals surface area contributed by atoms with Crippen LogP contribution in [-0.4, -0.2) is 0 Å². The van der Waals surface area contributed by atoms with Crippen molar-refractivity contribution in [2.75, 3.05) is 0 Å². The molecule has 0 radical (unpaired) electrons. The zero-order valence-corrected chi connectivity index (χ0v) is 17.9. The van der Waals surface area contributed by atoms with E-state index in [1.807, 2.05) is 26.0 Å². The van der Waals surface area contributed by atoms with Gasteiger partial charge in [-0.25, -0.2) is 0 Å². The highest BCUT2D eigenvalue weighted by Crippen LogP contribution is 2.60. The van der Waals surface area contributed by atoms with E-state index in [9.17, 15) is 0 Å². The van der Waals surface area contributed by atoms with E-state index < -0.39 is 17.3 Å². The summed E-state index contributed by atoms with van der Waals surface area (Å²) in [7, 11) is 0. The Bertz CT molecular complexity index is 1430. The molecule has 3 aliphatic rings. The summed E-state index contributed by atoms with van der Waals surface area (Å²) in [6.07, 6.45) is 0. The standard InChI is InChI=1S/C29H18F4/c1-27(2)23-11-17-15-7-3-5-9-21(15)28(30,31)25(17)13-19(23)20-14-26-18(12-24(20)27)16-8-4-6-10-22(16)29(26,32)33/h3-14H,1-2H3. The van der Waals surface area contributed by atoms with Crippen LogP contribution in [0.1, 0.15) is 47.2 Å². The predicted molar refractivity (Wildman–Crippen MR) is 121 cm³/mol. The van der Waals surface area contributed by atoms with Gasteiger partial charge in [-0.3, -0.25) is 0 Å². The van der Waals surface area contributed by atoms with E-state index in [1.54, 1.807) is 36.4 Å². The Morgan fingerprint density at radius 2 is 0.758 bits per heavy atom. The average molecular weight is 442 g/mol. The lowest BCUT2D eigenvalue weighted by Crippen LogP contribution is -2.16. The van der Waals surface area contributed by atoms with Crippen molar-refractivity contribution >= 4 is 0 Å². The Kier molecular flexibility index (Phi) is 3.22. The molecule has 0 unspecified atom stereocenters. The van der Waals surface area contributed by atoms with Crippen LogP contribution < -0.4 is 0 Å². The first-order valence-electron chi connectivity index (χ1n) is 11.0. The third-order valence-corrected chi connectivity index (χ3v) is 7.74. The monoisotopic (exact) mass is 442 g/mol. The second kappa shape index (κ2) is 5.56. The van der Waals surface area contributed by atoms with Crippen LogP contribution >= 0.6 is 0 Å². The summed E-state index contributed by atoms with van der Waals surface area (Å²) in [5.41, 5.74) is 4.54. The zero-order valence-electron chi connectivity index (χ0n) is 17.9. The first-order chi connectivity index (χ1) is 15.6. The molecule has 4 aromatic carbocycles. The van der Waals surface area contributed by atoms with Crippen molar-refractivity contribution in [1.82, 2.24) is 0 Å². The topological polar surface area (TPSA) is 0 Å². The summed E-state index contributed by atoms with van der Waals surface area (Å²) in [5, 5.41) is 0. The van der Waals surface area contributed by atoms with Gasteiger partial charge >= 0.3 is 0 Å². The van der Waals surface area contributed by atoms with Gasteiger partial charge in [0.15, 0.2) is 0 Å². The lowest BCUT2D eigenvalue weighted by molar-refractivity contribution is 0.0473. The van der Waals surface area contributed by atoms with Crippen LogP contribution in [0, 0.1) is 0 Å². The summed E-state index contributed by atoms with van der Waals surface area (Å²) < 4.78 is 61.5. The SMILES string of the molecule is CC1(C)c2cc3c(cc2-c2cc4c(cc21)-c1ccccc1C4(F)F)C(F)(F)c1ccccc1-3. The van der Waals surface area contributed by atoms with Crippen LogP contribution in [0.5, 0.6) is 0 Å². The molecule has 0 fully saturated rings. The molecule has 0 bridgehead atoms. The van der Waals surface area contributed by atoms with Crippen molar-refractivity contribution < 1.29 is 17.6 Å². The van der Waals surface area contributed by atoms with Gasteiger partial charge in [-0.2, -0.15) is 17.6 Å². The molecule has 0 saturated carbocycles. The largest absolute Gasteiger partial charge is 0.299 e. The van der Waals surface area contributed by atoms with Crippen LogP contribution in [0.3, 0.4) is 0 Å². The molecule has 0 spiro atoms. The first-order valence-corrected chi connectivity index (χ1v) is 11.0. The number of benzene rings is 4. The van der Waals surface area contributed by atoms with E-state index in [0.717, 1.165) is 11.1 Å². The van der Waals surface area contributed by atoms with Crippen molar-refractivity contribution in [2.45, 2.75) is 31.1 Å². The molecule has 0 amide bonds. The van der Waals surface area contributed by atoms with E-state index in [4.69, 9.17) is 0 Å². The maximum absolute atomic E-state index is 15.4. The highest BCUT2D eigenvalue weighted by atomic mass is 19.3. The van der Waals surface area contributed by atoms with E-state index in [-0.39, 0.29) is 22.3 Å². The molecule has 33 heavy (non-hydrogen) atoms. The molecule has 4 aromatic rings. The minimum atomic E-state index is -3.12. The molecule has 4 heteroatoms. The van der Waals surface area contributed by atoms with Gasteiger partial charge in [-0.15, -0.1) is 0 Å². The first kappa shape index (κ1) is 19.1. The van der Waals surface area contributed by atoms with Gasteiger partial charge in [0, 0.05) is 27.7 Å². The van der Waals surface area contributed by atoms with Crippen molar-refractivity contribution in [3.05, 3.63) is 106 Å². The van der Waals surface area contributed by atoms with Crippen molar-refractivity contribution in [2.24, 2.45) is 0 Å². The molecule has 0 heterocycles. The molecule has 3 aliphatic carbocycles. The molecule has 0 aromatic heterocycles. The fourth-order valence-electron chi connectivity index (χ4n) is 6.06. The lowest BCUT2D eigenvalue weighted by atomic mass is 9.80. The summed E-state index contributed by atoms with van der Waals surface area (Å²) >= 11 is 0. The van der Waals surface area contributed by atoms with Crippen molar-refractivity contribution in [3.63, 3.8) is 0 Å². The maximum Gasteiger partial charge on any atom is 0.299 e. The lowest BCUT2D eigenvalue weighted by Gasteiger charge is -2.23. The number of halogens is 4. The number of fused-ring (bicyclic) bond motifs is 9. The molecule has 0 nitrogen and oxygen atoms in total. The summed E-state index contributed by atoms with van der Waals surface area (Å²) in [6, 6.07) is 19.9. The molecule has 0 N–H and O–H groups in total. The maximum atomic E-state index is 15.4. The molecular weight excluding hydrogens is 424 g/mol. The van der Waals surface area contributed by atoms with Crippen LogP contribution in [-0.2, 0) is 17.3 Å². The second-order valence-electron chi connectivity index (χ2n) is 9.75. The van der Waals surface area contributed by atoms with Crippen molar-refractivity contribution in [1.29, 1.82) is 0 Å². The smallest absolute Gasteiger partial charge is 0.196 e. The predicted octanol–water partition coefficient (Wildman–Crippen LogP) is 8.23. The van der Waals surface area contributed by atoms with Gasteiger partial charge in [0.2, 0.25) is 0 Å². The number of hydrogen-bond donors (Lipinski definition) is 0. The van der Waals surface area contributed by atoms with Crippen LogP contribution in [0.4, 0.5) is 17.6 Å². The Labute approximate surface area is 188 Å². The van der Waals surface area contributed by atoms with E-state index >= 15 is 17.6 Å². The fraction of sp³-hybridized carbons (Fsp3) is 0.172. The Morgan fingerprint density at radius 3 is 1.18 bits per heavy atom. The Balaban J connectivity index is 1.52. The van der Waals surface area contributed by atoms with E-state index in [0.29, 0.717) is 33.4 Å². The van der Waals surface area contributed by atoms with Crippen molar-refractivity contribution in [3.8, 4) is 33.4 Å². The quantitative estimate of drug-likeness (QED) is 0.241. The Morgan fingerprint density at radius 1 is 0.424 bits per heavy atom. The minimum absolute atomic E-state index is 0.00219. The molecular formula is C29H18F4. The number of rotatable bonds is 0. The number of hydrogen-bond acceptors (Lipinski definition) is 0. The molecule has 0 atom stereocenters. The van der Waals surface area contributed by atoms with Gasteiger partial charge in [0.1, 0.15) is 0 Å². The average Bonchev–Trinajstić information content (AvgIpc) is 3.27. The molecule has 0 saturated heterocycles. The zero-order chi connectivity index (χ0) is 22.9. The summed E-state index contributed by atoms with van der Waals surface area (Å²) in [4.78, 5) is 0. The van der Waals surface area contributed by atoms with Gasteiger partial charge in [0.05, 0.1) is 0 Å². The summed E-state index contributed by atoms with van der Waals surface area (Å²) in [5.74, 6) is -6.24. The van der Waals surface area contributed by atoms with Crippen LogP contribution in [0.25, 0.3) is 33.4 Å². The minimum Gasteiger partial charge on any atom is -0.196 e. The number of alkyl halides is 4. The van der Waals surface area contributed by atoms with E-state index in [2.05, 4.69) is 0 Å².